The molecular weight excluding hydrogens is 222 g/mol. The van der Waals surface area contributed by atoms with Crippen molar-refractivity contribution in [2.24, 2.45) is 0 Å². The van der Waals surface area contributed by atoms with Crippen LogP contribution in [-0.4, -0.2) is 6.41 Å². The maximum absolute atomic E-state index is 10.3. The number of nitrogens with one attached hydrogen (secondary N) is 1. The molecule has 2 rings (SSSR count). The van der Waals surface area contributed by atoms with Gasteiger partial charge in [-0.2, -0.15) is 0 Å². The summed E-state index contributed by atoms with van der Waals surface area (Å²) in [6.45, 7) is 0. The maximum Gasteiger partial charge on any atom is 0.211 e. The van der Waals surface area contributed by atoms with E-state index in [4.69, 9.17) is 11.6 Å². The molecule has 0 aromatic heterocycles. The third kappa shape index (κ3) is 2.23. The Kier molecular flexibility index (Phi) is 3.22. The summed E-state index contributed by atoms with van der Waals surface area (Å²) in [4.78, 5) is 10.3. The molecule has 0 bridgehead atoms. The zero-order valence-corrected chi connectivity index (χ0v) is 9.24. The summed E-state index contributed by atoms with van der Waals surface area (Å²) in [6, 6.07) is 15.3. The third-order valence-electron chi connectivity index (χ3n) is 2.28. The Bertz CT molecular complexity index is 497. The molecular formula is C13H10ClNO. The Morgan fingerprint density at radius 3 is 2.44 bits per heavy atom. The molecule has 0 saturated carbocycles. The van der Waals surface area contributed by atoms with Crippen molar-refractivity contribution in [2.45, 2.75) is 0 Å². The fraction of sp³-hybridized carbons (Fsp3) is 0. The Morgan fingerprint density at radius 1 is 1.06 bits per heavy atom. The molecule has 80 valence electrons. The quantitative estimate of drug-likeness (QED) is 0.804. The standard InChI is InChI=1S/C13H10ClNO/c14-13-8-11(15-9-16)6-7-12(13)10-4-2-1-3-5-10/h1-9H,(H,15,16). The Hall–Kier alpha value is -1.80. The first-order valence-corrected chi connectivity index (χ1v) is 5.24. The van der Waals surface area contributed by atoms with Gasteiger partial charge in [0.1, 0.15) is 0 Å². The van der Waals surface area contributed by atoms with Crippen LogP contribution in [0.3, 0.4) is 0 Å². The van der Waals surface area contributed by atoms with E-state index in [0.29, 0.717) is 17.1 Å². The second-order valence-electron chi connectivity index (χ2n) is 3.32. The number of hydrogen-bond acceptors (Lipinski definition) is 1. The summed E-state index contributed by atoms with van der Waals surface area (Å²) in [7, 11) is 0. The molecule has 1 amide bonds. The van der Waals surface area contributed by atoms with Crippen LogP contribution in [0.15, 0.2) is 48.5 Å². The summed E-state index contributed by atoms with van der Waals surface area (Å²) >= 11 is 6.14. The van der Waals surface area contributed by atoms with Crippen molar-refractivity contribution in [3.63, 3.8) is 0 Å². The monoisotopic (exact) mass is 231 g/mol. The zero-order chi connectivity index (χ0) is 11.4. The second-order valence-corrected chi connectivity index (χ2v) is 3.73. The molecule has 0 aliphatic carbocycles. The summed E-state index contributed by atoms with van der Waals surface area (Å²) in [5, 5.41) is 3.19. The first-order chi connectivity index (χ1) is 7.81. The number of carbonyl (C=O) groups excluding carboxylic acids is 1. The summed E-state index contributed by atoms with van der Waals surface area (Å²) < 4.78 is 0. The highest BCUT2D eigenvalue weighted by atomic mass is 35.5. The molecule has 2 aromatic rings. The van der Waals surface area contributed by atoms with Gasteiger partial charge in [0, 0.05) is 11.3 Å². The zero-order valence-electron chi connectivity index (χ0n) is 8.48. The van der Waals surface area contributed by atoms with Crippen LogP contribution in [0.1, 0.15) is 0 Å². The SMILES string of the molecule is O=CNc1ccc(-c2ccccc2)c(Cl)c1. The van der Waals surface area contributed by atoms with E-state index in [1.54, 1.807) is 6.07 Å². The number of anilines is 1. The van der Waals surface area contributed by atoms with Crippen molar-refractivity contribution < 1.29 is 4.79 Å². The lowest BCUT2D eigenvalue weighted by molar-refractivity contribution is -0.105. The largest absolute Gasteiger partial charge is 0.329 e. The van der Waals surface area contributed by atoms with E-state index in [2.05, 4.69) is 5.32 Å². The number of hydrogen-bond donors (Lipinski definition) is 1. The van der Waals surface area contributed by atoms with E-state index in [-0.39, 0.29) is 0 Å². The van der Waals surface area contributed by atoms with Crippen LogP contribution in [0.2, 0.25) is 5.02 Å². The molecule has 0 heterocycles. The van der Waals surface area contributed by atoms with Crippen LogP contribution in [0.5, 0.6) is 0 Å². The van der Waals surface area contributed by atoms with E-state index < -0.39 is 0 Å². The van der Waals surface area contributed by atoms with E-state index in [1.807, 2.05) is 42.5 Å². The third-order valence-corrected chi connectivity index (χ3v) is 2.59. The first kappa shape index (κ1) is 10.7. The molecule has 0 unspecified atom stereocenters. The molecule has 0 aliphatic rings. The normalized spacial score (nSPS) is 9.81. The van der Waals surface area contributed by atoms with Gasteiger partial charge in [-0.1, -0.05) is 48.0 Å². The van der Waals surface area contributed by atoms with Crippen LogP contribution in [0.4, 0.5) is 5.69 Å². The molecule has 1 N–H and O–H groups in total. The van der Waals surface area contributed by atoms with Crippen molar-refractivity contribution in [1.82, 2.24) is 0 Å². The minimum atomic E-state index is 0.623. The molecule has 0 atom stereocenters. The minimum Gasteiger partial charge on any atom is -0.329 e. The second kappa shape index (κ2) is 4.81. The molecule has 2 aromatic carbocycles. The van der Waals surface area contributed by atoms with E-state index in [9.17, 15) is 4.79 Å². The average molecular weight is 232 g/mol. The molecule has 2 nitrogen and oxygen atoms in total. The van der Waals surface area contributed by atoms with E-state index in [0.717, 1.165) is 11.1 Å². The first-order valence-electron chi connectivity index (χ1n) is 4.86. The van der Waals surface area contributed by atoms with Crippen LogP contribution in [0, 0.1) is 0 Å². The molecule has 0 fully saturated rings. The Morgan fingerprint density at radius 2 is 1.81 bits per heavy atom. The lowest BCUT2D eigenvalue weighted by Gasteiger charge is -2.06. The van der Waals surface area contributed by atoms with Crippen LogP contribution >= 0.6 is 11.6 Å². The molecule has 3 heteroatoms. The highest BCUT2D eigenvalue weighted by Gasteiger charge is 2.03. The van der Waals surface area contributed by atoms with Gasteiger partial charge < -0.3 is 5.32 Å². The van der Waals surface area contributed by atoms with Crippen molar-refractivity contribution in [2.75, 3.05) is 5.32 Å². The van der Waals surface area contributed by atoms with Crippen molar-refractivity contribution in [3.8, 4) is 11.1 Å². The Balaban J connectivity index is 2.40. The molecule has 16 heavy (non-hydrogen) atoms. The smallest absolute Gasteiger partial charge is 0.211 e. The minimum absolute atomic E-state index is 0.623. The number of carbonyl (C=O) groups is 1. The highest BCUT2D eigenvalue weighted by molar-refractivity contribution is 6.33. The van der Waals surface area contributed by atoms with Crippen LogP contribution < -0.4 is 5.32 Å². The molecule has 0 spiro atoms. The van der Waals surface area contributed by atoms with Gasteiger partial charge in [-0.05, 0) is 17.7 Å². The molecule has 0 saturated heterocycles. The van der Waals surface area contributed by atoms with Gasteiger partial charge in [0.15, 0.2) is 0 Å². The van der Waals surface area contributed by atoms with Gasteiger partial charge in [0.2, 0.25) is 6.41 Å². The molecule has 0 radical (unpaired) electrons. The summed E-state index contributed by atoms with van der Waals surface area (Å²) in [6.07, 6.45) is 0.633. The number of amides is 1. The van der Waals surface area contributed by atoms with Gasteiger partial charge in [0.25, 0.3) is 0 Å². The summed E-state index contributed by atoms with van der Waals surface area (Å²) in [5.41, 5.74) is 2.71. The lowest BCUT2D eigenvalue weighted by atomic mass is 10.1. The lowest BCUT2D eigenvalue weighted by Crippen LogP contribution is -1.93. The Labute approximate surface area is 98.9 Å². The van der Waals surface area contributed by atoms with E-state index in [1.165, 1.54) is 0 Å². The summed E-state index contributed by atoms with van der Waals surface area (Å²) in [5.74, 6) is 0. The number of rotatable bonds is 3. The predicted molar refractivity (Wildman–Crippen MR) is 66.6 cm³/mol. The van der Waals surface area contributed by atoms with Gasteiger partial charge in [-0.15, -0.1) is 0 Å². The van der Waals surface area contributed by atoms with Crippen LogP contribution in [-0.2, 0) is 4.79 Å². The van der Waals surface area contributed by atoms with E-state index >= 15 is 0 Å². The fourth-order valence-electron chi connectivity index (χ4n) is 1.52. The predicted octanol–water partition coefficient (Wildman–Crippen LogP) is 3.58. The van der Waals surface area contributed by atoms with Gasteiger partial charge in [0.05, 0.1) is 5.02 Å². The van der Waals surface area contributed by atoms with Crippen molar-refractivity contribution in [3.05, 3.63) is 53.6 Å². The fourth-order valence-corrected chi connectivity index (χ4v) is 1.81. The van der Waals surface area contributed by atoms with Gasteiger partial charge >= 0.3 is 0 Å². The number of benzene rings is 2. The van der Waals surface area contributed by atoms with Crippen LogP contribution in [0.25, 0.3) is 11.1 Å². The topological polar surface area (TPSA) is 29.1 Å². The average Bonchev–Trinajstić information content (AvgIpc) is 2.31. The van der Waals surface area contributed by atoms with Gasteiger partial charge in [-0.25, -0.2) is 0 Å². The van der Waals surface area contributed by atoms with Gasteiger partial charge in [-0.3, -0.25) is 4.79 Å². The molecule has 0 aliphatic heterocycles. The van der Waals surface area contributed by atoms with Crippen molar-refractivity contribution in [1.29, 1.82) is 0 Å². The maximum atomic E-state index is 10.3. The number of halogens is 1. The highest BCUT2D eigenvalue weighted by Crippen LogP contribution is 2.29. The van der Waals surface area contributed by atoms with Crippen molar-refractivity contribution >= 4 is 23.7 Å².